The number of nitrogens with zero attached hydrogens (tertiary/aromatic N) is 3. The molecule has 5 nitrogen and oxygen atoms in total. The van der Waals surface area contributed by atoms with E-state index in [2.05, 4.69) is 26.0 Å². The summed E-state index contributed by atoms with van der Waals surface area (Å²) in [6.45, 7) is 0. The number of hydrogen-bond donors (Lipinski definition) is 2. The zero-order valence-electron chi connectivity index (χ0n) is 3.74. The SMILES string of the molecule is Nc1nc(Br)nn1O. The van der Waals surface area contributed by atoms with E-state index in [0.717, 1.165) is 0 Å². The Morgan fingerprint density at radius 2 is 2.38 bits per heavy atom. The summed E-state index contributed by atoms with van der Waals surface area (Å²) in [6, 6.07) is 0. The molecule has 6 heteroatoms. The molecule has 0 aliphatic rings. The Morgan fingerprint density at radius 1 is 1.75 bits per heavy atom. The van der Waals surface area contributed by atoms with Gasteiger partial charge in [0.2, 0.25) is 4.73 Å². The van der Waals surface area contributed by atoms with Gasteiger partial charge in [-0.1, -0.05) is 4.85 Å². The fourth-order valence-corrected chi connectivity index (χ4v) is 0.623. The summed E-state index contributed by atoms with van der Waals surface area (Å²) in [6.07, 6.45) is 0. The minimum absolute atomic E-state index is 0.0307. The number of anilines is 1. The molecule has 0 fully saturated rings. The third-order valence-electron chi connectivity index (χ3n) is 0.589. The van der Waals surface area contributed by atoms with Crippen LogP contribution in [0.3, 0.4) is 0 Å². The topological polar surface area (TPSA) is 77.0 Å². The Morgan fingerprint density at radius 3 is 2.50 bits per heavy atom. The lowest BCUT2D eigenvalue weighted by molar-refractivity contribution is 0.153. The molecule has 0 radical (unpaired) electrons. The molecule has 0 unspecified atom stereocenters. The van der Waals surface area contributed by atoms with E-state index in [1.54, 1.807) is 0 Å². The third-order valence-corrected chi connectivity index (χ3v) is 0.925. The van der Waals surface area contributed by atoms with E-state index in [4.69, 9.17) is 10.9 Å². The molecule has 3 N–H and O–H groups in total. The van der Waals surface area contributed by atoms with Gasteiger partial charge in [-0.05, 0) is 15.9 Å². The van der Waals surface area contributed by atoms with Gasteiger partial charge in [-0.3, -0.25) is 0 Å². The van der Waals surface area contributed by atoms with Crippen LogP contribution in [-0.4, -0.2) is 20.1 Å². The summed E-state index contributed by atoms with van der Waals surface area (Å²) in [7, 11) is 0. The average Bonchev–Trinajstić information content (AvgIpc) is 1.85. The molecule has 0 saturated carbocycles. The molecule has 0 amide bonds. The second-order valence-electron chi connectivity index (χ2n) is 1.13. The van der Waals surface area contributed by atoms with E-state index in [1.807, 2.05) is 0 Å². The number of hydrogen-bond acceptors (Lipinski definition) is 4. The molecular formula is C2H3BrN4O. The van der Waals surface area contributed by atoms with Crippen LogP contribution in [0, 0.1) is 0 Å². The molecule has 0 aromatic carbocycles. The van der Waals surface area contributed by atoms with Crippen LogP contribution in [0.2, 0.25) is 0 Å². The van der Waals surface area contributed by atoms with Crippen molar-refractivity contribution in [3.63, 3.8) is 0 Å². The van der Waals surface area contributed by atoms with Crippen LogP contribution < -0.4 is 5.73 Å². The monoisotopic (exact) mass is 178 g/mol. The molecule has 0 atom stereocenters. The van der Waals surface area contributed by atoms with Crippen molar-refractivity contribution < 1.29 is 5.21 Å². The molecular weight excluding hydrogens is 176 g/mol. The smallest absolute Gasteiger partial charge is 0.258 e. The first kappa shape index (κ1) is 5.36. The van der Waals surface area contributed by atoms with Crippen LogP contribution in [0.4, 0.5) is 5.95 Å². The normalized spacial score (nSPS) is 9.62. The Labute approximate surface area is 53.2 Å². The van der Waals surface area contributed by atoms with Crippen molar-refractivity contribution in [3.05, 3.63) is 4.73 Å². The second kappa shape index (κ2) is 1.62. The first-order valence-electron chi connectivity index (χ1n) is 1.77. The maximum absolute atomic E-state index is 8.53. The van der Waals surface area contributed by atoms with Crippen molar-refractivity contribution in [2.45, 2.75) is 0 Å². The lowest BCUT2D eigenvalue weighted by Gasteiger charge is -1.83. The van der Waals surface area contributed by atoms with Gasteiger partial charge in [0.15, 0.2) is 0 Å². The molecule has 0 spiro atoms. The van der Waals surface area contributed by atoms with Crippen molar-refractivity contribution in [1.82, 2.24) is 14.9 Å². The zero-order chi connectivity index (χ0) is 6.15. The Bertz CT molecular complexity index is 176. The Balaban J connectivity index is 3.14. The predicted molar refractivity (Wildman–Crippen MR) is 29.3 cm³/mol. The first-order chi connectivity index (χ1) is 3.70. The maximum atomic E-state index is 8.53. The third kappa shape index (κ3) is 0.738. The molecule has 1 heterocycles. The number of rotatable bonds is 0. The van der Waals surface area contributed by atoms with Gasteiger partial charge in [-0.2, -0.15) is 4.98 Å². The summed E-state index contributed by atoms with van der Waals surface area (Å²) in [5.41, 5.74) is 5.05. The molecule has 8 heavy (non-hydrogen) atoms. The molecule has 44 valence electrons. The van der Waals surface area contributed by atoms with E-state index in [1.165, 1.54) is 0 Å². The molecule has 0 aliphatic carbocycles. The molecule has 1 aromatic rings. The van der Waals surface area contributed by atoms with Gasteiger partial charge in [0.25, 0.3) is 5.95 Å². The lowest BCUT2D eigenvalue weighted by Crippen LogP contribution is -1.98. The summed E-state index contributed by atoms with van der Waals surface area (Å²) >= 11 is 2.90. The number of halogens is 1. The van der Waals surface area contributed by atoms with Crippen LogP contribution in [0.25, 0.3) is 0 Å². The van der Waals surface area contributed by atoms with Crippen molar-refractivity contribution in [1.29, 1.82) is 0 Å². The van der Waals surface area contributed by atoms with E-state index in [-0.39, 0.29) is 10.7 Å². The van der Waals surface area contributed by atoms with Gasteiger partial charge < -0.3 is 10.9 Å². The zero-order valence-corrected chi connectivity index (χ0v) is 5.33. The van der Waals surface area contributed by atoms with Gasteiger partial charge in [0, 0.05) is 0 Å². The molecule has 0 saturated heterocycles. The van der Waals surface area contributed by atoms with E-state index in [0.29, 0.717) is 4.85 Å². The summed E-state index contributed by atoms with van der Waals surface area (Å²) in [4.78, 5) is 4.00. The number of aromatic nitrogens is 3. The van der Waals surface area contributed by atoms with Gasteiger partial charge in [-0.25, -0.2) is 0 Å². The summed E-state index contributed by atoms with van der Waals surface area (Å²) < 4.78 is 0.275. The second-order valence-corrected chi connectivity index (χ2v) is 1.84. The largest absolute Gasteiger partial charge is 0.409 e. The molecule has 0 aliphatic heterocycles. The highest BCUT2D eigenvalue weighted by Crippen LogP contribution is 2.02. The Hall–Kier alpha value is -0.780. The van der Waals surface area contributed by atoms with E-state index in [9.17, 15) is 0 Å². The average molecular weight is 179 g/mol. The molecule has 1 rings (SSSR count). The highest BCUT2D eigenvalue weighted by atomic mass is 79.9. The standard InChI is InChI=1S/C2H3BrN4O/c3-1-5-2(4)7(8)6-1/h8H,(H2,4,5,6). The van der Waals surface area contributed by atoms with Crippen molar-refractivity contribution in [2.75, 3.05) is 5.73 Å². The Kier molecular flexibility index (Phi) is 1.09. The molecule has 1 aromatic heterocycles. The maximum Gasteiger partial charge on any atom is 0.258 e. The van der Waals surface area contributed by atoms with Crippen molar-refractivity contribution in [3.8, 4) is 0 Å². The lowest BCUT2D eigenvalue weighted by atomic mass is 11.1. The quantitative estimate of drug-likeness (QED) is 0.543. The highest BCUT2D eigenvalue weighted by molar-refractivity contribution is 9.10. The minimum atomic E-state index is -0.0307. The van der Waals surface area contributed by atoms with Gasteiger partial charge >= 0.3 is 0 Å². The van der Waals surface area contributed by atoms with Crippen molar-refractivity contribution in [2.24, 2.45) is 0 Å². The van der Waals surface area contributed by atoms with Crippen LogP contribution in [0.1, 0.15) is 0 Å². The van der Waals surface area contributed by atoms with E-state index >= 15 is 0 Å². The fourth-order valence-electron chi connectivity index (χ4n) is 0.291. The molecule has 0 bridgehead atoms. The van der Waals surface area contributed by atoms with E-state index < -0.39 is 0 Å². The summed E-state index contributed by atoms with van der Waals surface area (Å²) in [5, 5.41) is 11.9. The van der Waals surface area contributed by atoms with Crippen molar-refractivity contribution >= 4 is 21.9 Å². The first-order valence-corrected chi connectivity index (χ1v) is 2.57. The van der Waals surface area contributed by atoms with Crippen LogP contribution >= 0.6 is 15.9 Å². The summed E-state index contributed by atoms with van der Waals surface area (Å²) in [5.74, 6) is -0.0307. The fraction of sp³-hybridized carbons (Fsp3) is 0. The number of nitrogens with two attached hydrogens (primary N) is 1. The highest BCUT2D eigenvalue weighted by Gasteiger charge is 1.98. The van der Waals surface area contributed by atoms with Gasteiger partial charge in [0.05, 0.1) is 0 Å². The number of nitrogen functional groups attached to an aromatic ring is 1. The van der Waals surface area contributed by atoms with Crippen LogP contribution in [-0.2, 0) is 0 Å². The van der Waals surface area contributed by atoms with Gasteiger partial charge in [0.1, 0.15) is 0 Å². The van der Waals surface area contributed by atoms with Crippen LogP contribution in [0.5, 0.6) is 0 Å². The van der Waals surface area contributed by atoms with Crippen LogP contribution in [0.15, 0.2) is 4.73 Å². The minimum Gasteiger partial charge on any atom is -0.409 e. The van der Waals surface area contributed by atoms with Gasteiger partial charge in [-0.15, -0.1) is 5.10 Å². The predicted octanol–water partition coefficient (Wildman–Crippen LogP) is -0.140.